The number of ether oxygens (including phenoxy) is 1. The van der Waals surface area contributed by atoms with E-state index in [4.69, 9.17) is 9.26 Å². The minimum atomic E-state index is -0.00641. The molecule has 1 unspecified atom stereocenters. The van der Waals surface area contributed by atoms with E-state index in [0.29, 0.717) is 24.9 Å². The highest BCUT2D eigenvalue weighted by atomic mass is 16.5. The molecule has 0 spiro atoms. The van der Waals surface area contributed by atoms with Gasteiger partial charge in [-0.3, -0.25) is 4.90 Å². The summed E-state index contributed by atoms with van der Waals surface area (Å²) in [4.78, 5) is 11.2. The van der Waals surface area contributed by atoms with Gasteiger partial charge in [0.2, 0.25) is 5.89 Å². The zero-order chi connectivity index (χ0) is 17.1. The van der Waals surface area contributed by atoms with Gasteiger partial charge in [-0.1, -0.05) is 35.5 Å². The molecule has 3 aromatic rings. The summed E-state index contributed by atoms with van der Waals surface area (Å²) >= 11 is 0. The Morgan fingerprint density at radius 2 is 2.08 bits per heavy atom. The van der Waals surface area contributed by atoms with Crippen LogP contribution in [0.1, 0.15) is 29.1 Å². The maximum Gasteiger partial charge on any atom is 0.223 e. The molecular weight excluding hydrogens is 318 g/mol. The smallest absolute Gasteiger partial charge is 0.223 e. The predicted octanol–water partition coefficient (Wildman–Crippen LogP) is 2.20. The molecule has 4 rings (SSSR count). The summed E-state index contributed by atoms with van der Waals surface area (Å²) < 4.78 is 13.0. The Hall–Kier alpha value is -2.51. The molecule has 1 atom stereocenters. The van der Waals surface area contributed by atoms with Gasteiger partial charge in [0, 0.05) is 32.4 Å². The highest BCUT2D eigenvalue weighted by Crippen LogP contribution is 2.23. The number of aromatic nitrogens is 4. The van der Waals surface area contributed by atoms with Gasteiger partial charge in [0.15, 0.2) is 5.82 Å². The zero-order valence-electron chi connectivity index (χ0n) is 14.2. The van der Waals surface area contributed by atoms with Gasteiger partial charge in [0.1, 0.15) is 5.82 Å². The molecule has 1 aliphatic heterocycles. The largest absolute Gasteiger partial charge is 0.378 e. The number of benzene rings is 1. The van der Waals surface area contributed by atoms with Gasteiger partial charge < -0.3 is 13.8 Å². The molecule has 1 aliphatic rings. The van der Waals surface area contributed by atoms with Crippen LogP contribution in [0.4, 0.5) is 0 Å². The van der Waals surface area contributed by atoms with Crippen LogP contribution >= 0.6 is 0 Å². The predicted molar refractivity (Wildman–Crippen MR) is 90.8 cm³/mol. The van der Waals surface area contributed by atoms with Crippen molar-refractivity contribution in [2.75, 3.05) is 19.8 Å². The first kappa shape index (κ1) is 16.0. The Morgan fingerprint density at radius 1 is 1.20 bits per heavy atom. The Bertz CT molecular complexity index is 814. The number of imidazole rings is 1. The monoisotopic (exact) mass is 339 g/mol. The van der Waals surface area contributed by atoms with Gasteiger partial charge in [0.25, 0.3) is 0 Å². The first-order valence-electron chi connectivity index (χ1n) is 8.45. The zero-order valence-corrected chi connectivity index (χ0v) is 14.2. The van der Waals surface area contributed by atoms with E-state index >= 15 is 0 Å². The van der Waals surface area contributed by atoms with E-state index in [1.54, 1.807) is 6.92 Å². The van der Waals surface area contributed by atoms with Crippen LogP contribution in [0.3, 0.4) is 0 Å². The van der Waals surface area contributed by atoms with E-state index < -0.39 is 0 Å². The third-order valence-electron chi connectivity index (χ3n) is 4.42. The molecule has 130 valence electrons. The maximum atomic E-state index is 5.63. The molecule has 7 nitrogen and oxygen atoms in total. The lowest BCUT2D eigenvalue weighted by molar-refractivity contribution is -0.0181. The number of hydrogen-bond donors (Lipinski definition) is 0. The minimum Gasteiger partial charge on any atom is -0.378 e. The molecule has 3 heterocycles. The fraction of sp³-hybridized carbons (Fsp3) is 0.389. The van der Waals surface area contributed by atoms with E-state index in [9.17, 15) is 0 Å². The molecule has 7 heteroatoms. The molecule has 0 saturated carbocycles. The molecule has 0 amide bonds. The molecule has 0 bridgehead atoms. The third kappa shape index (κ3) is 3.62. The van der Waals surface area contributed by atoms with Gasteiger partial charge in [-0.05, 0) is 5.56 Å². The average molecular weight is 339 g/mol. The van der Waals surface area contributed by atoms with Crippen molar-refractivity contribution in [2.24, 2.45) is 0 Å². The normalized spacial score (nSPS) is 18.5. The van der Waals surface area contributed by atoms with E-state index in [0.717, 1.165) is 25.5 Å². The quantitative estimate of drug-likeness (QED) is 0.710. The molecule has 2 aromatic heterocycles. The molecule has 0 N–H and O–H groups in total. The SMILES string of the molecule is Cc1nc(C2COCCN2Cc2nccn2Cc2ccccc2)no1. The third-order valence-corrected chi connectivity index (χ3v) is 4.42. The van der Waals surface area contributed by atoms with Crippen LogP contribution in [-0.2, 0) is 17.8 Å². The van der Waals surface area contributed by atoms with Gasteiger partial charge in [-0.25, -0.2) is 4.98 Å². The number of hydrogen-bond acceptors (Lipinski definition) is 6. The molecule has 1 aromatic carbocycles. The van der Waals surface area contributed by atoms with E-state index in [-0.39, 0.29) is 6.04 Å². The first-order chi connectivity index (χ1) is 12.3. The Labute approximate surface area is 146 Å². The van der Waals surface area contributed by atoms with Crippen molar-refractivity contribution in [2.45, 2.75) is 26.1 Å². The van der Waals surface area contributed by atoms with Gasteiger partial charge in [0.05, 0.1) is 25.8 Å². The minimum absolute atomic E-state index is 0.00641. The van der Waals surface area contributed by atoms with Crippen LogP contribution in [0.25, 0.3) is 0 Å². The van der Waals surface area contributed by atoms with Crippen LogP contribution < -0.4 is 0 Å². The van der Waals surface area contributed by atoms with E-state index in [1.165, 1.54) is 5.56 Å². The van der Waals surface area contributed by atoms with E-state index in [2.05, 4.69) is 48.9 Å². The topological polar surface area (TPSA) is 69.2 Å². The molecule has 25 heavy (non-hydrogen) atoms. The van der Waals surface area contributed by atoms with Gasteiger partial charge in [-0.15, -0.1) is 0 Å². The molecule has 1 saturated heterocycles. The van der Waals surface area contributed by atoms with E-state index in [1.807, 2.05) is 18.5 Å². The van der Waals surface area contributed by atoms with Crippen molar-refractivity contribution in [3.63, 3.8) is 0 Å². The second kappa shape index (κ2) is 7.16. The van der Waals surface area contributed by atoms with Crippen LogP contribution in [0.2, 0.25) is 0 Å². The van der Waals surface area contributed by atoms with Crippen molar-refractivity contribution in [1.82, 2.24) is 24.6 Å². The number of morpholine rings is 1. The van der Waals surface area contributed by atoms with Crippen molar-refractivity contribution in [1.29, 1.82) is 0 Å². The fourth-order valence-electron chi connectivity index (χ4n) is 3.11. The van der Waals surface area contributed by atoms with Crippen LogP contribution in [0, 0.1) is 6.92 Å². The van der Waals surface area contributed by atoms with Crippen molar-refractivity contribution >= 4 is 0 Å². The second-order valence-corrected chi connectivity index (χ2v) is 6.19. The Balaban J connectivity index is 1.52. The summed E-state index contributed by atoms with van der Waals surface area (Å²) in [7, 11) is 0. The lowest BCUT2D eigenvalue weighted by atomic mass is 10.2. The van der Waals surface area contributed by atoms with Crippen molar-refractivity contribution < 1.29 is 9.26 Å². The Morgan fingerprint density at radius 3 is 2.88 bits per heavy atom. The number of aryl methyl sites for hydroxylation is 1. The second-order valence-electron chi connectivity index (χ2n) is 6.19. The van der Waals surface area contributed by atoms with Crippen molar-refractivity contribution in [3.05, 3.63) is 65.8 Å². The van der Waals surface area contributed by atoms with Crippen LogP contribution in [0.15, 0.2) is 47.2 Å². The molecule has 0 aliphatic carbocycles. The lowest BCUT2D eigenvalue weighted by Crippen LogP contribution is -2.40. The highest BCUT2D eigenvalue weighted by Gasteiger charge is 2.29. The summed E-state index contributed by atoms with van der Waals surface area (Å²) in [5, 5.41) is 4.07. The summed E-state index contributed by atoms with van der Waals surface area (Å²) in [6.07, 6.45) is 3.88. The summed E-state index contributed by atoms with van der Waals surface area (Å²) in [5.41, 5.74) is 1.26. The molecule has 0 radical (unpaired) electrons. The van der Waals surface area contributed by atoms with Crippen LogP contribution in [0.5, 0.6) is 0 Å². The summed E-state index contributed by atoms with van der Waals surface area (Å²) in [5.74, 6) is 2.28. The molecular formula is C18H21N5O2. The molecule has 1 fully saturated rings. The lowest BCUT2D eigenvalue weighted by Gasteiger charge is -2.33. The maximum absolute atomic E-state index is 5.63. The Kier molecular flexibility index (Phi) is 4.58. The van der Waals surface area contributed by atoms with Gasteiger partial charge in [-0.2, -0.15) is 4.98 Å². The highest BCUT2D eigenvalue weighted by molar-refractivity contribution is 5.16. The summed E-state index contributed by atoms with van der Waals surface area (Å²) in [6.45, 7) is 5.42. The fourth-order valence-corrected chi connectivity index (χ4v) is 3.11. The van der Waals surface area contributed by atoms with Crippen molar-refractivity contribution in [3.8, 4) is 0 Å². The summed E-state index contributed by atoms with van der Waals surface area (Å²) in [6, 6.07) is 10.4. The van der Waals surface area contributed by atoms with Crippen LogP contribution in [-0.4, -0.2) is 44.4 Å². The first-order valence-corrected chi connectivity index (χ1v) is 8.45. The number of rotatable bonds is 5. The average Bonchev–Trinajstić information content (AvgIpc) is 3.26. The van der Waals surface area contributed by atoms with Gasteiger partial charge >= 0.3 is 0 Å². The number of nitrogens with zero attached hydrogens (tertiary/aromatic N) is 5. The standard InChI is InChI=1S/C18H21N5O2/c1-14-20-18(21-25-14)16-13-24-10-9-22(16)12-17-19-7-8-23(17)11-15-5-3-2-4-6-15/h2-8,16H,9-13H2,1H3.